The number of nitrogens with one attached hydrogen (secondary N) is 1. The number of aromatic amines is 1. The van der Waals surface area contributed by atoms with Crippen LogP contribution in [0.1, 0.15) is 16.1 Å². The van der Waals surface area contributed by atoms with Gasteiger partial charge in [0.2, 0.25) is 0 Å². The van der Waals surface area contributed by atoms with Crippen LogP contribution in [-0.4, -0.2) is 25.4 Å². The lowest BCUT2D eigenvalue weighted by molar-refractivity contribution is 0.0997. The number of imidazole rings is 1. The molecule has 0 aliphatic heterocycles. The molecule has 0 saturated carbocycles. The normalized spacial score (nSPS) is 11.1. The summed E-state index contributed by atoms with van der Waals surface area (Å²) >= 11 is 0. The third-order valence-electron chi connectivity index (χ3n) is 4.21. The maximum atomic E-state index is 14.3. The van der Waals surface area contributed by atoms with Crippen LogP contribution in [-0.2, 0) is 0 Å². The van der Waals surface area contributed by atoms with Crippen LogP contribution < -0.4 is 11.4 Å². The van der Waals surface area contributed by atoms with Gasteiger partial charge in [-0.2, -0.15) is 0 Å². The number of primary amides is 1. The van der Waals surface area contributed by atoms with Gasteiger partial charge in [-0.25, -0.2) is 28.1 Å². The van der Waals surface area contributed by atoms with E-state index in [1.807, 2.05) is 13.0 Å². The molecule has 2 aromatic carbocycles. The number of carbonyl (C=O) groups is 1. The number of nitrogens with zero attached hydrogens (tertiary/aromatic N) is 3. The number of rotatable bonds is 3. The van der Waals surface area contributed by atoms with E-state index in [1.54, 1.807) is 18.2 Å². The molecule has 0 atom stereocenters. The number of aromatic nitrogens is 4. The summed E-state index contributed by atoms with van der Waals surface area (Å²) in [6, 6.07) is 10.3. The number of amides is 1. The number of carbonyl (C=O) groups excluding carboxylic acids is 1. The second-order valence-electron chi connectivity index (χ2n) is 6.16. The lowest BCUT2D eigenvalue weighted by Crippen LogP contribution is -2.17. The van der Waals surface area contributed by atoms with Crippen molar-refractivity contribution in [2.75, 3.05) is 0 Å². The van der Waals surface area contributed by atoms with Gasteiger partial charge in [-0.1, -0.05) is 29.8 Å². The Morgan fingerprint density at radius 1 is 1.11 bits per heavy atom. The predicted octanol–water partition coefficient (Wildman–Crippen LogP) is 2.46. The monoisotopic (exact) mass is 381 g/mol. The van der Waals surface area contributed by atoms with Crippen LogP contribution >= 0.6 is 0 Å². The van der Waals surface area contributed by atoms with Crippen LogP contribution in [0.3, 0.4) is 0 Å². The first-order valence-corrected chi connectivity index (χ1v) is 8.21. The topological polar surface area (TPSA) is 107 Å². The molecule has 2 heterocycles. The van der Waals surface area contributed by atoms with E-state index < -0.39 is 28.9 Å². The Kier molecular flexibility index (Phi) is 3.99. The quantitative estimate of drug-likeness (QED) is 0.568. The predicted molar refractivity (Wildman–Crippen MR) is 98.1 cm³/mol. The van der Waals surface area contributed by atoms with Crippen molar-refractivity contribution in [3.05, 3.63) is 75.8 Å². The van der Waals surface area contributed by atoms with E-state index in [4.69, 9.17) is 5.73 Å². The summed E-state index contributed by atoms with van der Waals surface area (Å²) in [5.41, 5.74) is 4.87. The molecule has 7 nitrogen and oxygen atoms in total. The molecule has 0 aliphatic rings. The Morgan fingerprint density at radius 2 is 1.79 bits per heavy atom. The van der Waals surface area contributed by atoms with E-state index in [2.05, 4.69) is 15.0 Å². The fourth-order valence-corrected chi connectivity index (χ4v) is 2.99. The van der Waals surface area contributed by atoms with Crippen molar-refractivity contribution in [3.8, 4) is 17.1 Å². The second-order valence-corrected chi connectivity index (χ2v) is 6.16. The number of nitrogens with two attached hydrogens (primary N) is 1. The standard InChI is InChI=1S/C19H13F2N5O2/c1-9-4-2-5-10(8-9)17-23-13(16(22)27)14-18(25-17)26(19(28)24-14)15-11(20)6-3-7-12(15)21/h2-8H,1H3,(H2,22,27)(H,24,28). The zero-order valence-electron chi connectivity index (χ0n) is 14.5. The van der Waals surface area contributed by atoms with Gasteiger partial charge in [0.1, 0.15) is 22.8 Å². The summed E-state index contributed by atoms with van der Waals surface area (Å²) in [4.78, 5) is 35.2. The molecule has 28 heavy (non-hydrogen) atoms. The summed E-state index contributed by atoms with van der Waals surface area (Å²) in [5, 5.41) is 0. The third-order valence-corrected chi connectivity index (χ3v) is 4.21. The summed E-state index contributed by atoms with van der Waals surface area (Å²) in [7, 11) is 0. The van der Waals surface area contributed by atoms with Gasteiger partial charge in [0.15, 0.2) is 17.2 Å². The number of aryl methyl sites for hydroxylation is 1. The number of halogens is 2. The van der Waals surface area contributed by atoms with E-state index >= 15 is 0 Å². The van der Waals surface area contributed by atoms with Gasteiger partial charge in [0, 0.05) is 5.56 Å². The lowest BCUT2D eigenvalue weighted by atomic mass is 10.1. The Morgan fingerprint density at radius 3 is 2.43 bits per heavy atom. The fraction of sp³-hybridized carbons (Fsp3) is 0.0526. The number of H-pyrrole nitrogens is 1. The zero-order valence-corrected chi connectivity index (χ0v) is 14.5. The first-order chi connectivity index (χ1) is 13.4. The number of benzene rings is 2. The number of para-hydroxylation sites is 1. The first-order valence-electron chi connectivity index (χ1n) is 8.21. The van der Waals surface area contributed by atoms with E-state index in [0.29, 0.717) is 5.56 Å². The van der Waals surface area contributed by atoms with Crippen LogP contribution in [0.2, 0.25) is 0 Å². The average molecular weight is 381 g/mol. The SMILES string of the molecule is Cc1cccc(-c2nc(C(N)=O)c3[nH]c(=O)n(-c4c(F)cccc4F)c3n2)c1. The first kappa shape index (κ1) is 17.5. The maximum Gasteiger partial charge on any atom is 0.332 e. The van der Waals surface area contributed by atoms with Crippen molar-refractivity contribution >= 4 is 17.1 Å². The molecule has 0 unspecified atom stereocenters. The molecule has 4 rings (SSSR count). The van der Waals surface area contributed by atoms with Gasteiger partial charge in [0.05, 0.1) is 0 Å². The minimum absolute atomic E-state index is 0.0921. The Labute approximate surface area is 156 Å². The maximum absolute atomic E-state index is 14.3. The van der Waals surface area contributed by atoms with Crippen molar-refractivity contribution in [1.29, 1.82) is 0 Å². The molecule has 0 aliphatic carbocycles. The smallest absolute Gasteiger partial charge is 0.332 e. The fourth-order valence-electron chi connectivity index (χ4n) is 2.99. The third kappa shape index (κ3) is 2.73. The minimum atomic E-state index is -0.959. The highest BCUT2D eigenvalue weighted by atomic mass is 19.1. The van der Waals surface area contributed by atoms with E-state index in [-0.39, 0.29) is 22.7 Å². The molecule has 3 N–H and O–H groups in total. The number of hydrogen-bond acceptors (Lipinski definition) is 4. The summed E-state index contributed by atoms with van der Waals surface area (Å²) < 4.78 is 29.3. The van der Waals surface area contributed by atoms with Crippen LogP contribution in [0, 0.1) is 18.6 Å². The number of fused-ring (bicyclic) bond motifs is 1. The zero-order chi connectivity index (χ0) is 20.0. The highest BCUT2D eigenvalue weighted by Gasteiger charge is 2.23. The lowest BCUT2D eigenvalue weighted by Gasteiger charge is -2.08. The van der Waals surface area contributed by atoms with E-state index in [1.165, 1.54) is 6.07 Å². The molecule has 0 radical (unpaired) electrons. The van der Waals surface area contributed by atoms with Crippen molar-refractivity contribution in [1.82, 2.24) is 19.5 Å². The van der Waals surface area contributed by atoms with Crippen molar-refractivity contribution in [2.45, 2.75) is 6.92 Å². The Balaban J connectivity index is 2.12. The molecule has 0 spiro atoms. The van der Waals surface area contributed by atoms with Crippen molar-refractivity contribution < 1.29 is 13.6 Å². The van der Waals surface area contributed by atoms with E-state index in [9.17, 15) is 18.4 Å². The van der Waals surface area contributed by atoms with Crippen LogP contribution in [0.5, 0.6) is 0 Å². The molecule has 4 aromatic rings. The molecule has 2 aromatic heterocycles. The largest absolute Gasteiger partial charge is 0.364 e. The average Bonchev–Trinajstić information content (AvgIpc) is 2.96. The molecular weight excluding hydrogens is 368 g/mol. The Hall–Kier alpha value is -3.88. The summed E-state index contributed by atoms with van der Waals surface area (Å²) in [6.45, 7) is 1.86. The van der Waals surface area contributed by atoms with Crippen LogP contribution in [0.15, 0.2) is 47.3 Å². The molecule has 0 saturated heterocycles. The summed E-state index contributed by atoms with van der Waals surface area (Å²) in [6.07, 6.45) is 0. The van der Waals surface area contributed by atoms with E-state index in [0.717, 1.165) is 22.3 Å². The second kappa shape index (κ2) is 6.38. The van der Waals surface area contributed by atoms with Gasteiger partial charge in [-0.05, 0) is 25.1 Å². The highest BCUT2D eigenvalue weighted by molar-refractivity contribution is 6.02. The highest BCUT2D eigenvalue weighted by Crippen LogP contribution is 2.24. The van der Waals surface area contributed by atoms with Crippen LogP contribution in [0.4, 0.5) is 8.78 Å². The summed E-state index contributed by atoms with van der Waals surface area (Å²) in [5.74, 6) is -2.74. The van der Waals surface area contributed by atoms with Crippen molar-refractivity contribution in [2.24, 2.45) is 5.73 Å². The molecule has 0 bridgehead atoms. The Bertz CT molecular complexity index is 1290. The molecular formula is C19H13F2N5O2. The number of hydrogen-bond donors (Lipinski definition) is 2. The van der Waals surface area contributed by atoms with Gasteiger partial charge < -0.3 is 10.7 Å². The minimum Gasteiger partial charge on any atom is -0.364 e. The van der Waals surface area contributed by atoms with Crippen LogP contribution in [0.25, 0.3) is 28.2 Å². The van der Waals surface area contributed by atoms with Gasteiger partial charge in [-0.3, -0.25) is 4.79 Å². The van der Waals surface area contributed by atoms with Gasteiger partial charge in [0.25, 0.3) is 5.91 Å². The van der Waals surface area contributed by atoms with Gasteiger partial charge in [-0.15, -0.1) is 0 Å². The molecule has 9 heteroatoms. The molecule has 140 valence electrons. The molecule has 1 amide bonds. The van der Waals surface area contributed by atoms with Gasteiger partial charge >= 0.3 is 5.69 Å². The van der Waals surface area contributed by atoms with Crippen molar-refractivity contribution in [3.63, 3.8) is 0 Å². The molecule has 0 fully saturated rings.